The van der Waals surface area contributed by atoms with Crippen molar-refractivity contribution in [3.05, 3.63) is 35.9 Å². The number of carboxylic acid groups (broad SMARTS) is 1. The average molecular weight is 277 g/mol. The third kappa shape index (κ3) is 4.76. The molecule has 1 atom stereocenters. The Morgan fingerprint density at radius 3 is 2.30 bits per heavy atom. The zero-order valence-corrected chi connectivity index (χ0v) is 11.8. The normalized spacial score (nSPS) is 12.4. The molecule has 108 valence electrons. The van der Waals surface area contributed by atoms with Crippen LogP contribution in [0.15, 0.2) is 30.3 Å². The van der Waals surface area contributed by atoms with Crippen molar-refractivity contribution in [2.45, 2.75) is 19.9 Å². The maximum atomic E-state index is 11.7. The molecule has 0 saturated heterocycles. The zero-order chi connectivity index (χ0) is 15.1. The summed E-state index contributed by atoms with van der Waals surface area (Å²) in [6.07, 6.45) is 2.94. The molecule has 0 saturated carbocycles. The number of carbonyl (C=O) groups is 2. The molecule has 0 aliphatic carbocycles. The van der Waals surface area contributed by atoms with Crippen LogP contribution in [-0.2, 0) is 9.59 Å². The predicted octanol–water partition coefficient (Wildman–Crippen LogP) is 1.93. The molecule has 5 nitrogen and oxygen atoms in total. The predicted molar refractivity (Wildman–Crippen MR) is 76.4 cm³/mol. The van der Waals surface area contributed by atoms with Gasteiger partial charge in [-0.15, -0.1) is 0 Å². The van der Waals surface area contributed by atoms with E-state index in [-0.39, 0.29) is 5.92 Å². The van der Waals surface area contributed by atoms with Crippen LogP contribution >= 0.6 is 0 Å². The quantitative estimate of drug-likeness (QED) is 0.779. The van der Waals surface area contributed by atoms with Crippen molar-refractivity contribution in [1.82, 2.24) is 5.32 Å². The molecule has 1 amide bonds. The Kier molecular flexibility index (Phi) is 5.77. The van der Waals surface area contributed by atoms with Gasteiger partial charge in [-0.3, -0.25) is 4.79 Å². The molecule has 0 spiro atoms. The first-order valence-electron chi connectivity index (χ1n) is 6.29. The van der Waals surface area contributed by atoms with Crippen molar-refractivity contribution in [3.63, 3.8) is 0 Å². The summed E-state index contributed by atoms with van der Waals surface area (Å²) in [5.41, 5.74) is 0.831. The number of ether oxygens (including phenoxy) is 1. The largest absolute Gasteiger partial charge is 0.497 e. The van der Waals surface area contributed by atoms with Crippen LogP contribution in [0.4, 0.5) is 0 Å². The van der Waals surface area contributed by atoms with Crippen LogP contribution in [0.5, 0.6) is 5.75 Å². The van der Waals surface area contributed by atoms with Crippen molar-refractivity contribution in [2.75, 3.05) is 7.11 Å². The van der Waals surface area contributed by atoms with Crippen LogP contribution in [0.2, 0.25) is 0 Å². The number of rotatable bonds is 6. The van der Waals surface area contributed by atoms with Gasteiger partial charge in [0.2, 0.25) is 5.91 Å². The van der Waals surface area contributed by atoms with Crippen molar-refractivity contribution in [1.29, 1.82) is 0 Å². The lowest BCUT2D eigenvalue weighted by Gasteiger charge is -2.16. The highest BCUT2D eigenvalue weighted by Crippen LogP contribution is 2.12. The summed E-state index contributed by atoms with van der Waals surface area (Å²) in [5, 5.41) is 11.4. The van der Waals surface area contributed by atoms with Gasteiger partial charge in [-0.2, -0.15) is 0 Å². The summed E-state index contributed by atoms with van der Waals surface area (Å²) in [5.74, 6) is -0.906. The third-order valence-corrected chi connectivity index (χ3v) is 2.77. The molecule has 0 bridgehead atoms. The van der Waals surface area contributed by atoms with E-state index in [1.54, 1.807) is 51.3 Å². The lowest BCUT2D eigenvalue weighted by Crippen LogP contribution is -2.43. The minimum absolute atomic E-state index is 0.175. The van der Waals surface area contributed by atoms with E-state index in [9.17, 15) is 9.59 Å². The van der Waals surface area contributed by atoms with E-state index >= 15 is 0 Å². The van der Waals surface area contributed by atoms with Gasteiger partial charge in [0.25, 0.3) is 0 Å². The van der Waals surface area contributed by atoms with Gasteiger partial charge in [-0.05, 0) is 29.7 Å². The Morgan fingerprint density at radius 2 is 1.85 bits per heavy atom. The molecule has 0 heterocycles. The van der Waals surface area contributed by atoms with Gasteiger partial charge in [0, 0.05) is 6.08 Å². The fraction of sp³-hybridized carbons (Fsp3) is 0.333. The number of aliphatic carboxylic acids is 1. The molecule has 20 heavy (non-hydrogen) atoms. The Labute approximate surface area is 118 Å². The number of hydrogen-bond acceptors (Lipinski definition) is 3. The number of nitrogens with one attached hydrogen (secondary N) is 1. The van der Waals surface area contributed by atoms with Crippen molar-refractivity contribution in [3.8, 4) is 5.75 Å². The SMILES string of the molecule is COc1ccc(/C=C/C(=O)N[C@@H](C(=O)O)C(C)C)cc1. The summed E-state index contributed by atoms with van der Waals surface area (Å²) < 4.78 is 5.03. The first-order chi connectivity index (χ1) is 9.43. The van der Waals surface area contributed by atoms with Crippen LogP contribution in [0.25, 0.3) is 6.08 Å². The summed E-state index contributed by atoms with van der Waals surface area (Å²) in [7, 11) is 1.58. The molecule has 0 aliphatic heterocycles. The number of carboxylic acids is 1. The van der Waals surface area contributed by atoms with Gasteiger partial charge < -0.3 is 15.2 Å². The molecule has 0 aliphatic rings. The van der Waals surface area contributed by atoms with E-state index in [0.29, 0.717) is 0 Å². The lowest BCUT2D eigenvalue weighted by molar-refractivity contribution is -0.142. The summed E-state index contributed by atoms with van der Waals surface area (Å²) in [6, 6.07) is 6.29. The number of methoxy groups -OCH3 is 1. The molecule has 5 heteroatoms. The minimum Gasteiger partial charge on any atom is -0.497 e. The molecule has 1 rings (SSSR count). The Balaban J connectivity index is 2.64. The second kappa shape index (κ2) is 7.33. The van der Waals surface area contributed by atoms with E-state index in [1.807, 2.05) is 0 Å². The molecule has 1 aromatic carbocycles. The number of hydrogen-bond donors (Lipinski definition) is 2. The van der Waals surface area contributed by atoms with Crippen LogP contribution in [0, 0.1) is 5.92 Å². The molecular weight excluding hydrogens is 258 g/mol. The van der Waals surface area contributed by atoms with Gasteiger partial charge in [0.05, 0.1) is 7.11 Å². The Morgan fingerprint density at radius 1 is 1.25 bits per heavy atom. The van der Waals surface area contributed by atoms with E-state index in [1.165, 1.54) is 6.08 Å². The smallest absolute Gasteiger partial charge is 0.326 e. The van der Waals surface area contributed by atoms with Gasteiger partial charge >= 0.3 is 5.97 Å². The van der Waals surface area contributed by atoms with Crippen LogP contribution in [0.3, 0.4) is 0 Å². The highest BCUT2D eigenvalue weighted by atomic mass is 16.5. The summed E-state index contributed by atoms with van der Waals surface area (Å²) >= 11 is 0. The highest BCUT2D eigenvalue weighted by Gasteiger charge is 2.22. The van der Waals surface area contributed by atoms with Crippen molar-refractivity contribution in [2.24, 2.45) is 5.92 Å². The van der Waals surface area contributed by atoms with Crippen LogP contribution in [-0.4, -0.2) is 30.1 Å². The maximum Gasteiger partial charge on any atom is 0.326 e. The van der Waals surface area contributed by atoms with E-state index in [0.717, 1.165) is 11.3 Å². The first kappa shape index (κ1) is 15.8. The third-order valence-electron chi connectivity index (χ3n) is 2.77. The Bertz CT molecular complexity index is 491. The van der Waals surface area contributed by atoms with Gasteiger partial charge in [0.15, 0.2) is 0 Å². The maximum absolute atomic E-state index is 11.7. The van der Waals surface area contributed by atoms with Crippen molar-refractivity contribution >= 4 is 18.0 Å². The van der Waals surface area contributed by atoms with E-state index < -0.39 is 17.9 Å². The molecule has 0 aromatic heterocycles. The van der Waals surface area contributed by atoms with Crippen molar-refractivity contribution < 1.29 is 19.4 Å². The highest BCUT2D eigenvalue weighted by molar-refractivity contribution is 5.94. The average Bonchev–Trinajstić information content (AvgIpc) is 2.42. The second-order valence-corrected chi connectivity index (χ2v) is 4.68. The van der Waals surface area contributed by atoms with Gasteiger partial charge in [-0.25, -0.2) is 4.79 Å². The molecule has 0 radical (unpaired) electrons. The standard InChI is InChI=1S/C15H19NO4/c1-10(2)14(15(18)19)16-13(17)9-6-11-4-7-12(20-3)8-5-11/h4-10,14H,1-3H3,(H,16,17)(H,18,19)/b9-6+/t14-/m1/s1. The molecule has 2 N–H and O–H groups in total. The van der Waals surface area contributed by atoms with E-state index in [4.69, 9.17) is 9.84 Å². The lowest BCUT2D eigenvalue weighted by atomic mass is 10.0. The minimum atomic E-state index is -1.04. The second-order valence-electron chi connectivity index (χ2n) is 4.68. The Hall–Kier alpha value is -2.30. The van der Waals surface area contributed by atoms with Gasteiger partial charge in [0.1, 0.15) is 11.8 Å². The molecule has 1 aromatic rings. The van der Waals surface area contributed by atoms with Gasteiger partial charge in [-0.1, -0.05) is 26.0 Å². The number of carbonyl (C=O) groups excluding carboxylic acids is 1. The summed E-state index contributed by atoms with van der Waals surface area (Å²) in [4.78, 5) is 22.6. The molecular formula is C15H19NO4. The zero-order valence-electron chi connectivity index (χ0n) is 11.8. The summed E-state index contributed by atoms with van der Waals surface area (Å²) in [6.45, 7) is 3.48. The van der Waals surface area contributed by atoms with Crippen LogP contribution < -0.4 is 10.1 Å². The molecule has 0 fully saturated rings. The molecule has 0 unspecified atom stereocenters. The first-order valence-corrected chi connectivity index (χ1v) is 6.29. The van der Waals surface area contributed by atoms with E-state index in [2.05, 4.69) is 5.32 Å². The topological polar surface area (TPSA) is 75.6 Å². The monoisotopic (exact) mass is 277 g/mol. The number of benzene rings is 1. The fourth-order valence-corrected chi connectivity index (χ4v) is 1.60. The number of amides is 1. The van der Waals surface area contributed by atoms with Crippen LogP contribution in [0.1, 0.15) is 19.4 Å². The fourth-order valence-electron chi connectivity index (χ4n) is 1.60.